The number of unbranched alkanes of at least 4 members (excludes halogenated alkanes) is 36. The van der Waals surface area contributed by atoms with Crippen LogP contribution in [-0.2, 0) is 28.6 Å². The van der Waals surface area contributed by atoms with Crippen LogP contribution in [0.2, 0.25) is 0 Å². The van der Waals surface area contributed by atoms with Gasteiger partial charge in [0.25, 0.3) is 0 Å². The summed E-state index contributed by atoms with van der Waals surface area (Å²) < 4.78 is 16.9. The molecule has 402 valence electrons. The molecule has 6 nitrogen and oxygen atoms in total. The molecule has 0 aromatic rings. The van der Waals surface area contributed by atoms with E-state index in [9.17, 15) is 14.4 Å². The SMILES string of the molecule is CC/C=C\C/C=C\C/C=C\CCCCCCCC(=O)OC[C@H](COC(=O)CCCCCCC/C=C\CCCCCCCC)OC(=O)CCCCCCCCCCCCCCCCCCCCCCC. The molecule has 0 bridgehead atoms. The number of rotatable bonds is 55. The van der Waals surface area contributed by atoms with E-state index in [4.69, 9.17) is 14.2 Å². The number of allylic oxidation sites excluding steroid dienone is 8. The Balaban J connectivity index is 4.34. The van der Waals surface area contributed by atoms with Crippen molar-refractivity contribution in [3.63, 3.8) is 0 Å². The Morgan fingerprint density at radius 1 is 0.304 bits per heavy atom. The summed E-state index contributed by atoms with van der Waals surface area (Å²) in [5, 5.41) is 0. The molecule has 0 aromatic carbocycles. The van der Waals surface area contributed by atoms with E-state index < -0.39 is 6.10 Å². The second kappa shape index (κ2) is 57.9. The van der Waals surface area contributed by atoms with Gasteiger partial charge in [0.1, 0.15) is 13.2 Å². The molecule has 0 unspecified atom stereocenters. The van der Waals surface area contributed by atoms with Crippen molar-refractivity contribution in [2.24, 2.45) is 0 Å². The van der Waals surface area contributed by atoms with E-state index in [1.54, 1.807) is 0 Å². The van der Waals surface area contributed by atoms with Gasteiger partial charge in [0, 0.05) is 19.3 Å². The van der Waals surface area contributed by atoms with Crippen LogP contribution in [0.15, 0.2) is 48.6 Å². The van der Waals surface area contributed by atoms with E-state index in [2.05, 4.69) is 69.4 Å². The molecule has 0 fully saturated rings. The molecule has 0 aliphatic carbocycles. The molecule has 0 N–H and O–H groups in total. The van der Waals surface area contributed by atoms with E-state index in [-0.39, 0.29) is 31.1 Å². The van der Waals surface area contributed by atoms with E-state index >= 15 is 0 Å². The summed E-state index contributed by atoms with van der Waals surface area (Å²) in [6.45, 7) is 6.55. The van der Waals surface area contributed by atoms with E-state index in [0.29, 0.717) is 19.3 Å². The third kappa shape index (κ3) is 56.2. The largest absolute Gasteiger partial charge is 0.462 e. The molecule has 69 heavy (non-hydrogen) atoms. The lowest BCUT2D eigenvalue weighted by molar-refractivity contribution is -0.167. The van der Waals surface area contributed by atoms with Crippen molar-refractivity contribution in [2.45, 2.75) is 322 Å². The minimum atomic E-state index is -0.782. The van der Waals surface area contributed by atoms with Crippen LogP contribution < -0.4 is 0 Å². The maximum Gasteiger partial charge on any atom is 0.306 e. The van der Waals surface area contributed by atoms with Crippen LogP contribution in [0.1, 0.15) is 316 Å². The monoisotopic (exact) mass is 967 g/mol. The van der Waals surface area contributed by atoms with Crippen LogP contribution in [0.5, 0.6) is 0 Å². The van der Waals surface area contributed by atoms with Crippen LogP contribution in [0.4, 0.5) is 0 Å². The Labute approximate surface area is 428 Å². The van der Waals surface area contributed by atoms with Crippen molar-refractivity contribution in [1.29, 1.82) is 0 Å². The molecule has 0 aromatic heterocycles. The molecule has 0 saturated carbocycles. The zero-order chi connectivity index (χ0) is 50.0. The molecule has 0 aliphatic heterocycles. The van der Waals surface area contributed by atoms with Gasteiger partial charge in [0.05, 0.1) is 0 Å². The fraction of sp³-hybridized carbons (Fsp3) is 0.825. The van der Waals surface area contributed by atoms with Gasteiger partial charge in [0.2, 0.25) is 0 Å². The first-order valence-corrected chi connectivity index (χ1v) is 30.1. The van der Waals surface area contributed by atoms with Gasteiger partial charge in [-0.1, -0.05) is 268 Å². The zero-order valence-corrected chi connectivity index (χ0v) is 46.1. The summed E-state index contributed by atoms with van der Waals surface area (Å²) in [6, 6.07) is 0. The summed E-state index contributed by atoms with van der Waals surface area (Å²) in [5.41, 5.74) is 0. The molecular formula is C63H114O6. The maximum atomic E-state index is 12.9. The van der Waals surface area contributed by atoms with Crippen LogP contribution in [-0.4, -0.2) is 37.2 Å². The minimum absolute atomic E-state index is 0.0801. The van der Waals surface area contributed by atoms with Crippen molar-refractivity contribution in [3.05, 3.63) is 48.6 Å². The van der Waals surface area contributed by atoms with Crippen molar-refractivity contribution in [3.8, 4) is 0 Å². The summed E-state index contributed by atoms with van der Waals surface area (Å²) in [6.07, 6.45) is 71.1. The van der Waals surface area contributed by atoms with Crippen LogP contribution in [0, 0.1) is 0 Å². The number of hydrogen-bond acceptors (Lipinski definition) is 6. The Morgan fingerprint density at radius 3 is 0.899 bits per heavy atom. The van der Waals surface area contributed by atoms with Gasteiger partial charge in [-0.3, -0.25) is 14.4 Å². The van der Waals surface area contributed by atoms with Crippen molar-refractivity contribution < 1.29 is 28.6 Å². The smallest absolute Gasteiger partial charge is 0.306 e. The number of ether oxygens (including phenoxy) is 3. The number of carbonyl (C=O) groups excluding carboxylic acids is 3. The Kier molecular flexibility index (Phi) is 55.7. The lowest BCUT2D eigenvalue weighted by Crippen LogP contribution is -2.30. The molecule has 1 atom stereocenters. The second-order valence-corrected chi connectivity index (χ2v) is 20.2. The zero-order valence-electron chi connectivity index (χ0n) is 46.1. The second-order valence-electron chi connectivity index (χ2n) is 20.2. The fourth-order valence-electron chi connectivity index (χ4n) is 8.81. The summed E-state index contributed by atoms with van der Waals surface area (Å²) >= 11 is 0. The minimum Gasteiger partial charge on any atom is -0.462 e. The molecule has 0 rings (SSSR count). The van der Waals surface area contributed by atoms with Crippen LogP contribution in [0.25, 0.3) is 0 Å². The van der Waals surface area contributed by atoms with Crippen molar-refractivity contribution >= 4 is 17.9 Å². The maximum absolute atomic E-state index is 12.9. The molecule has 0 saturated heterocycles. The standard InChI is InChI=1S/C63H114O6/c1-4-7-10-13-16-19-22-25-28-29-30-31-32-33-36-39-42-45-48-51-54-57-63(66)69-60(58-67-61(64)55-52-49-46-43-40-37-34-26-23-20-17-14-11-8-5-2)59-68-62(65)56-53-50-47-44-41-38-35-27-24-21-18-15-12-9-6-3/h8,11,17,20,26-27,34-35,60H,4-7,9-10,12-16,18-19,21-25,28-33,36-59H2,1-3H3/b11-8-,20-17-,34-26-,35-27-/t60-/m1/s1. The van der Waals surface area contributed by atoms with Gasteiger partial charge in [-0.05, 0) is 77.0 Å². The first-order chi connectivity index (χ1) is 34.0. The third-order valence-electron chi connectivity index (χ3n) is 13.3. The number of esters is 3. The Hall–Kier alpha value is -2.63. The number of carbonyl (C=O) groups is 3. The summed E-state index contributed by atoms with van der Waals surface area (Å²) in [4.78, 5) is 38.2. The third-order valence-corrected chi connectivity index (χ3v) is 13.3. The predicted octanol–water partition coefficient (Wildman–Crippen LogP) is 20.2. The van der Waals surface area contributed by atoms with Gasteiger partial charge in [-0.15, -0.1) is 0 Å². The average Bonchev–Trinajstić information content (AvgIpc) is 3.35. The van der Waals surface area contributed by atoms with Gasteiger partial charge >= 0.3 is 17.9 Å². The first kappa shape index (κ1) is 66.4. The molecular weight excluding hydrogens is 853 g/mol. The molecule has 0 heterocycles. The highest BCUT2D eigenvalue weighted by Crippen LogP contribution is 2.17. The predicted molar refractivity (Wildman–Crippen MR) is 298 cm³/mol. The average molecular weight is 968 g/mol. The van der Waals surface area contributed by atoms with E-state index in [0.717, 1.165) is 103 Å². The van der Waals surface area contributed by atoms with Crippen molar-refractivity contribution in [2.75, 3.05) is 13.2 Å². The van der Waals surface area contributed by atoms with Gasteiger partial charge in [-0.2, -0.15) is 0 Å². The molecule has 0 aliphatic rings. The quantitative estimate of drug-likeness (QED) is 0.0262. The topological polar surface area (TPSA) is 78.9 Å². The molecule has 6 heteroatoms. The van der Waals surface area contributed by atoms with Gasteiger partial charge in [0.15, 0.2) is 6.10 Å². The molecule has 0 amide bonds. The highest BCUT2D eigenvalue weighted by atomic mass is 16.6. The van der Waals surface area contributed by atoms with E-state index in [1.165, 1.54) is 173 Å². The Morgan fingerprint density at radius 2 is 0.565 bits per heavy atom. The highest BCUT2D eigenvalue weighted by molar-refractivity contribution is 5.71. The van der Waals surface area contributed by atoms with Gasteiger partial charge in [-0.25, -0.2) is 0 Å². The first-order valence-electron chi connectivity index (χ1n) is 30.1. The molecule has 0 spiro atoms. The number of hydrogen-bond donors (Lipinski definition) is 0. The normalized spacial score (nSPS) is 12.3. The summed E-state index contributed by atoms with van der Waals surface area (Å²) in [5.74, 6) is -0.887. The highest BCUT2D eigenvalue weighted by Gasteiger charge is 2.19. The van der Waals surface area contributed by atoms with Crippen molar-refractivity contribution in [1.82, 2.24) is 0 Å². The molecule has 0 radical (unpaired) electrons. The van der Waals surface area contributed by atoms with Gasteiger partial charge < -0.3 is 14.2 Å². The van der Waals surface area contributed by atoms with Crippen LogP contribution >= 0.6 is 0 Å². The lowest BCUT2D eigenvalue weighted by atomic mass is 10.0. The summed E-state index contributed by atoms with van der Waals surface area (Å²) in [7, 11) is 0. The fourth-order valence-corrected chi connectivity index (χ4v) is 8.81. The van der Waals surface area contributed by atoms with E-state index in [1.807, 2.05) is 0 Å². The Bertz CT molecular complexity index is 1200. The van der Waals surface area contributed by atoms with Crippen LogP contribution in [0.3, 0.4) is 0 Å². The lowest BCUT2D eigenvalue weighted by Gasteiger charge is -2.18.